The third kappa shape index (κ3) is 2.22. The van der Waals surface area contributed by atoms with Crippen LogP contribution in [0, 0.1) is 13.8 Å². The molecule has 2 atom stereocenters. The van der Waals surface area contributed by atoms with Crippen molar-refractivity contribution < 1.29 is 0 Å². The van der Waals surface area contributed by atoms with Crippen LogP contribution in [0.25, 0.3) is 0 Å². The number of aryl methyl sites for hydroxylation is 2. The summed E-state index contributed by atoms with van der Waals surface area (Å²) in [5.41, 5.74) is 4.12. The second kappa shape index (κ2) is 4.46. The number of nitrogens with one attached hydrogen (secondary N) is 1. The van der Waals surface area contributed by atoms with Crippen molar-refractivity contribution in [1.82, 2.24) is 5.32 Å². The van der Waals surface area contributed by atoms with Crippen molar-refractivity contribution in [3.05, 3.63) is 29.3 Å². The molecular weight excluding hydrogens is 196 g/mol. The Bertz CT molecular complexity index is 373. The van der Waals surface area contributed by atoms with E-state index in [0.29, 0.717) is 12.1 Å². The van der Waals surface area contributed by atoms with E-state index < -0.39 is 0 Å². The van der Waals surface area contributed by atoms with Gasteiger partial charge in [0.05, 0.1) is 0 Å². The molecule has 16 heavy (non-hydrogen) atoms. The zero-order valence-corrected chi connectivity index (χ0v) is 10.7. The van der Waals surface area contributed by atoms with Crippen LogP contribution >= 0.6 is 0 Å². The normalized spacial score (nSPS) is 25.9. The van der Waals surface area contributed by atoms with Crippen LogP contribution in [0.1, 0.15) is 25.0 Å². The summed E-state index contributed by atoms with van der Waals surface area (Å²) in [5.74, 6) is 0. The Hall–Kier alpha value is -1.02. The van der Waals surface area contributed by atoms with E-state index in [1.54, 1.807) is 0 Å². The number of anilines is 1. The molecule has 0 amide bonds. The second-order valence-electron chi connectivity index (χ2n) is 5.08. The summed E-state index contributed by atoms with van der Waals surface area (Å²) in [7, 11) is 0. The molecule has 0 spiro atoms. The molecule has 0 bridgehead atoms. The van der Waals surface area contributed by atoms with Gasteiger partial charge in [0.15, 0.2) is 0 Å². The van der Waals surface area contributed by atoms with E-state index in [2.05, 4.69) is 56.1 Å². The standard InChI is InChI=1S/C14H22N2/c1-10-5-6-14(7-11(10)2)16-9-12(3)15-8-13(16)4/h5-7,12-13,15H,8-9H2,1-4H3. The first-order valence-corrected chi connectivity index (χ1v) is 6.15. The van der Waals surface area contributed by atoms with Gasteiger partial charge in [-0.05, 0) is 51.0 Å². The molecule has 1 aromatic rings. The lowest BCUT2D eigenvalue weighted by Gasteiger charge is -2.39. The lowest BCUT2D eigenvalue weighted by molar-refractivity contribution is 0.425. The zero-order valence-electron chi connectivity index (χ0n) is 10.7. The topological polar surface area (TPSA) is 15.3 Å². The molecule has 1 saturated heterocycles. The molecule has 2 rings (SSSR count). The highest BCUT2D eigenvalue weighted by Gasteiger charge is 2.22. The van der Waals surface area contributed by atoms with Crippen LogP contribution in [0.5, 0.6) is 0 Å². The largest absolute Gasteiger partial charge is 0.366 e. The van der Waals surface area contributed by atoms with Crippen molar-refractivity contribution in [1.29, 1.82) is 0 Å². The summed E-state index contributed by atoms with van der Waals surface area (Å²) in [6.45, 7) is 11.1. The van der Waals surface area contributed by atoms with Crippen LogP contribution in [0.15, 0.2) is 18.2 Å². The van der Waals surface area contributed by atoms with Crippen LogP contribution in [-0.4, -0.2) is 25.2 Å². The third-order valence-electron chi connectivity index (χ3n) is 3.59. The Kier molecular flexibility index (Phi) is 3.20. The van der Waals surface area contributed by atoms with Crippen molar-refractivity contribution in [3.63, 3.8) is 0 Å². The number of hydrogen-bond acceptors (Lipinski definition) is 2. The Morgan fingerprint density at radius 3 is 2.62 bits per heavy atom. The quantitative estimate of drug-likeness (QED) is 0.779. The first-order valence-electron chi connectivity index (χ1n) is 6.15. The summed E-state index contributed by atoms with van der Waals surface area (Å²) in [6.07, 6.45) is 0. The monoisotopic (exact) mass is 218 g/mol. The lowest BCUT2D eigenvalue weighted by Crippen LogP contribution is -2.54. The molecule has 0 aliphatic carbocycles. The van der Waals surface area contributed by atoms with E-state index >= 15 is 0 Å². The Labute approximate surface area is 98.7 Å². The van der Waals surface area contributed by atoms with E-state index in [9.17, 15) is 0 Å². The first kappa shape index (κ1) is 11.5. The molecule has 2 heteroatoms. The van der Waals surface area contributed by atoms with E-state index in [1.165, 1.54) is 16.8 Å². The predicted octanol–water partition coefficient (Wildman–Crippen LogP) is 2.49. The minimum Gasteiger partial charge on any atom is -0.366 e. The van der Waals surface area contributed by atoms with Crippen LogP contribution < -0.4 is 10.2 Å². The van der Waals surface area contributed by atoms with Gasteiger partial charge in [0.25, 0.3) is 0 Å². The van der Waals surface area contributed by atoms with Gasteiger partial charge in [0.1, 0.15) is 0 Å². The Morgan fingerprint density at radius 2 is 1.94 bits per heavy atom. The van der Waals surface area contributed by atoms with Crippen molar-refractivity contribution in [2.45, 2.75) is 39.8 Å². The van der Waals surface area contributed by atoms with Crippen molar-refractivity contribution >= 4 is 5.69 Å². The van der Waals surface area contributed by atoms with Gasteiger partial charge in [-0.3, -0.25) is 0 Å². The third-order valence-corrected chi connectivity index (χ3v) is 3.59. The van der Waals surface area contributed by atoms with E-state index in [4.69, 9.17) is 0 Å². The average molecular weight is 218 g/mol. The summed E-state index contributed by atoms with van der Waals surface area (Å²) in [6, 6.07) is 7.95. The maximum atomic E-state index is 3.52. The first-order chi connectivity index (χ1) is 7.58. The van der Waals surface area contributed by atoms with Gasteiger partial charge < -0.3 is 10.2 Å². The number of piperazine rings is 1. The van der Waals surface area contributed by atoms with Gasteiger partial charge in [-0.2, -0.15) is 0 Å². The molecule has 88 valence electrons. The van der Waals surface area contributed by atoms with Crippen LogP contribution in [0.4, 0.5) is 5.69 Å². The van der Waals surface area contributed by atoms with Crippen molar-refractivity contribution in [3.8, 4) is 0 Å². The number of hydrogen-bond donors (Lipinski definition) is 1. The molecule has 0 saturated carbocycles. The minimum atomic E-state index is 0.581. The molecule has 1 heterocycles. The number of nitrogens with zero attached hydrogens (tertiary/aromatic N) is 1. The van der Waals surface area contributed by atoms with Gasteiger partial charge >= 0.3 is 0 Å². The molecule has 1 aliphatic rings. The summed E-state index contributed by atoms with van der Waals surface area (Å²) < 4.78 is 0. The second-order valence-corrected chi connectivity index (χ2v) is 5.08. The average Bonchev–Trinajstić information content (AvgIpc) is 2.26. The highest BCUT2D eigenvalue weighted by atomic mass is 15.2. The highest BCUT2D eigenvalue weighted by molar-refractivity contribution is 5.52. The van der Waals surface area contributed by atoms with Crippen molar-refractivity contribution in [2.24, 2.45) is 0 Å². The minimum absolute atomic E-state index is 0.581. The number of benzene rings is 1. The lowest BCUT2D eigenvalue weighted by atomic mass is 10.1. The molecule has 0 aromatic heterocycles. The molecule has 1 aromatic carbocycles. The molecule has 1 fully saturated rings. The zero-order chi connectivity index (χ0) is 11.7. The van der Waals surface area contributed by atoms with E-state index in [1.807, 2.05) is 0 Å². The maximum absolute atomic E-state index is 3.52. The highest BCUT2D eigenvalue weighted by Crippen LogP contribution is 2.22. The van der Waals surface area contributed by atoms with Gasteiger partial charge in [0, 0.05) is 30.9 Å². The molecule has 1 N–H and O–H groups in total. The predicted molar refractivity (Wildman–Crippen MR) is 70.2 cm³/mol. The SMILES string of the molecule is Cc1ccc(N2CC(C)NCC2C)cc1C. The summed E-state index contributed by atoms with van der Waals surface area (Å²) >= 11 is 0. The Morgan fingerprint density at radius 1 is 1.19 bits per heavy atom. The molecule has 1 aliphatic heterocycles. The fourth-order valence-corrected chi connectivity index (χ4v) is 2.29. The smallest absolute Gasteiger partial charge is 0.0387 e. The fraction of sp³-hybridized carbons (Fsp3) is 0.571. The van der Waals surface area contributed by atoms with E-state index in [-0.39, 0.29) is 0 Å². The summed E-state index contributed by atoms with van der Waals surface area (Å²) in [4.78, 5) is 2.51. The van der Waals surface area contributed by atoms with Crippen molar-refractivity contribution in [2.75, 3.05) is 18.0 Å². The van der Waals surface area contributed by atoms with Crippen LogP contribution in [-0.2, 0) is 0 Å². The summed E-state index contributed by atoms with van der Waals surface area (Å²) in [5, 5.41) is 3.52. The Balaban J connectivity index is 2.24. The number of rotatable bonds is 1. The maximum Gasteiger partial charge on any atom is 0.0387 e. The van der Waals surface area contributed by atoms with E-state index in [0.717, 1.165) is 13.1 Å². The molecule has 0 radical (unpaired) electrons. The van der Waals surface area contributed by atoms with Crippen LogP contribution in [0.3, 0.4) is 0 Å². The van der Waals surface area contributed by atoms with Gasteiger partial charge in [-0.15, -0.1) is 0 Å². The van der Waals surface area contributed by atoms with Gasteiger partial charge in [-0.1, -0.05) is 6.07 Å². The fourth-order valence-electron chi connectivity index (χ4n) is 2.29. The molecule has 2 nitrogen and oxygen atoms in total. The van der Waals surface area contributed by atoms with Gasteiger partial charge in [-0.25, -0.2) is 0 Å². The van der Waals surface area contributed by atoms with Crippen LogP contribution in [0.2, 0.25) is 0 Å². The molecular formula is C14H22N2. The van der Waals surface area contributed by atoms with Gasteiger partial charge in [0.2, 0.25) is 0 Å². The molecule has 2 unspecified atom stereocenters.